The molecule has 1 heterocycles. The fourth-order valence-corrected chi connectivity index (χ4v) is 4.43. The third kappa shape index (κ3) is 5.87. The summed E-state index contributed by atoms with van der Waals surface area (Å²) in [5.41, 5.74) is 2.14. The lowest BCUT2D eigenvalue weighted by molar-refractivity contribution is -0.169. The molecular formula is C28H35NO8. The summed E-state index contributed by atoms with van der Waals surface area (Å²) in [5, 5.41) is 10.9. The second-order valence-corrected chi connectivity index (χ2v) is 8.57. The molecule has 2 aromatic rings. The predicted molar refractivity (Wildman–Crippen MR) is 137 cm³/mol. The molecule has 0 spiro atoms. The third-order valence-electron chi connectivity index (χ3n) is 6.25. The monoisotopic (exact) mass is 513 g/mol. The molecule has 0 aromatic heterocycles. The van der Waals surface area contributed by atoms with Gasteiger partial charge in [-0.05, 0) is 54.7 Å². The molecule has 1 N–H and O–H groups in total. The second kappa shape index (κ2) is 12.6. The zero-order chi connectivity index (χ0) is 27.1. The van der Waals surface area contributed by atoms with E-state index < -0.39 is 11.9 Å². The first-order chi connectivity index (χ1) is 17.8. The number of hydrogen-bond donors (Lipinski definition) is 1. The van der Waals surface area contributed by atoms with Crippen molar-refractivity contribution in [2.45, 2.75) is 51.4 Å². The van der Waals surface area contributed by atoms with Gasteiger partial charge in [-0.25, -0.2) is 5.06 Å². The number of methoxy groups -OCH3 is 4. The highest BCUT2D eigenvalue weighted by atomic mass is 16.5. The van der Waals surface area contributed by atoms with Crippen LogP contribution in [0, 0.1) is 12.3 Å². The van der Waals surface area contributed by atoms with Crippen LogP contribution in [0.1, 0.15) is 68.1 Å². The van der Waals surface area contributed by atoms with E-state index in [2.05, 4.69) is 5.92 Å². The van der Waals surface area contributed by atoms with Crippen molar-refractivity contribution in [1.82, 2.24) is 5.06 Å². The van der Waals surface area contributed by atoms with Gasteiger partial charge in [0.05, 0.1) is 47.3 Å². The van der Waals surface area contributed by atoms with Crippen molar-refractivity contribution in [1.29, 1.82) is 0 Å². The van der Waals surface area contributed by atoms with Crippen molar-refractivity contribution < 1.29 is 38.4 Å². The van der Waals surface area contributed by atoms with Crippen molar-refractivity contribution >= 4 is 5.91 Å². The number of hydroxylamine groups is 2. The number of ether oxygens (including phenoxy) is 6. The van der Waals surface area contributed by atoms with E-state index in [-0.39, 0.29) is 12.2 Å². The van der Waals surface area contributed by atoms with Gasteiger partial charge in [0.2, 0.25) is 11.7 Å². The third-order valence-corrected chi connectivity index (χ3v) is 6.25. The number of carbonyl (C=O) groups is 1. The van der Waals surface area contributed by atoms with Crippen molar-refractivity contribution in [3.8, 4) is 41.1 Å². The first-order valence-electron chi connectivity index (χ1n) is 12.1. The fraction of sp³-hybridized carbons (Fsp3) is 0.464. The molecule has 0 saturated carbocycles. The molecule has 3 rings (SSSR count). The van der Waals surface area contributed by atoms with Gasteiger partial charge in [-0.1, -0.05) is 12.8 Å². The Morgan fingerprint density at radius 1 is 1.00 bits per heavy atom. The molecule has 9 heteroatoms. The molecule has 3 unspecified atom stereocenters. The summed E-state index contributed by atoms with van der Waals surface area (Å²) >= 11 is 0. The van der Waals surface area contributed by atoms with E-state index in [1.54, 1.807) is 21.3 Å². The Labute approximate surface area is 218 Å². The number of hydrogen-bond acceptors (Lipinski definition) is 8. The second-order valence-electron chi connectivity index (χ2n) is 8.57. The lowest BCUT2D eigenvalue weighted by Gasteiger charge is -2.26. The number of nitrogens with zero attached hydrogens (tertiary/aromatic N) is 1. The zero-order valence-electron chi connectivity index (χ0n) is 22.2. The summed E-state index contributed by atoms with van der Waals surface area (Å²) in [6.07, 6.45) is 7.45. The Hall–Kier alpha value is -3.61. The quantitative estimate of drug-likeness (QED) is 0.254. The Kier molecular flexibility index (Phi) is 9.50. The maximum atomic E-state index is 11.9. The van der Waals surface area contributed by atoms with Gasteiger partial charge in [0.15, 0.2) is 23.0 Å². The van der Waals surface area contributed by atoms with Crippen molar-refractivity contribution in [3.05, 3.63) is 41.0 Å². The smallest absolute Gasteiger partial charge is 0.244 e. The first-order valence-corrected chi connectivity index (χ1v) is 12.1. The molecule has 1 fully saturated rings. The molecular weight excluding hydrogens is 478 g/mol. The van der Waals surface area contributed by atoms with E-state index in [1.807, 2.05) is 31.2 Å². The van der Waals surface area contributed by atoms with Crippen molar-refractivity contribution in [3.63, 3.8) is 0 Å². The highest BCUT2D eigenvalue weighted by Gasteiger charge is 2.33. The van der Waals surface area contributed by atoms with E-state index in [0.29, 0.717) is 46.0 Å². The van der Waals surface area contributed by atoms with Gasteiger partial charge in [0.25, 0.3) is 0 Å². The lowest BCUT2D eigenvalue weighted by atomic mass is 9.97. The minimum atomic E-state index is -1.06. The molecule has 1 aliphatic rings. The number of carbonyl (C=O) groups excluding carboxylic acids is 1. The molecule has 0 radical (unpaired) electrons. The standard InChI is InChI=1S/C28H35NO8/c1-8-12-36-27-20(21(9-2)29(31)17(3)30)13-18(14-24(27)32-4)22-10-11-23(37-22)19-15-25(33-5)28(35-7)26(16-19)34-6/h2,13-16,21-23,31H,8,10-12H2,1,3-7H3. The SMILES string of the molecule is C#CC(c1cc(C2CCC(c3cc(OC)c(OC)c(OC)c3)O2)cc(OC)c1OCCC)N(O)C(C)=O. The molecule has 200 valence electrons. The maximum Gasteiger partial charge on any atom is 0.244 e. The normalized spacial score (nSPS) is 17.5. The average molecular weight is 514 g/mol. The van der Waals surface area contributed by atoms with E-state index >= 15 is 0 Å². The van der Waals surface area contributed by atoms with E-state index in [0.717, 1.165) is 30.4 Å². The number of terminal acetylenes is 1. The Morgan fingerprint density at radius 3 is 1.95 bits per heavy atom. The molecule has 1 amide bonds. The van der Waals surface area contributed by atoms with Crippen molar-refractivity contribution in [2.75, 3.05) is 35.0 Å². The summed E-state index contributed by atoms with van der Waals surface area (Å²) < 4.78 is 34.5. The predicted octanol–water partition coefficient (Wildman–Crippen LogP) is 5.01. The van der Waals surface area contributed by atoms with Gasteiger partial charge in [-0.2, -0.15) is 0 Å². The van der Waals surface area contributed by atoms with Gasteiger partial charge < -0.3 is 28.4 Å². The summed E-state index contributed by atoms with van der Waals surface area (Å²) in [7, 11) is 6.23. The molecule has 1 aliphatic heterocycles. The van der Waals surface area contributed by atoms with Crippen molar-refractivity contribution in [2.24, 2.45) is 0 Å². The van der Waals surface area contributed by atoms with Gasteiger partial charge in [-0.3, -0.25) is 10.0 Å². The average Bonchev–Trinajstić information content (AvgIpc) is 3.41. The van der Waals surface area contributed by atoms with Crippen LogP contribution in [0.5, 0.6) is 28.7 Å². The molecule has 3 atom stereocenters. The Balaban J connectivity index is 2.01. The van der Waals surface area contributed by atoms with Gasteiger partial charge >= 0.3 is 0 Å². The number of rotatable bonds is 11. The highest BCUT2D eigenvalue weighted by Crippen LogP contribution is 2.48. The fourth-order valence-electron chi connectivity index (χ4n) is 4.43. The summed E-state index contributed by atoms with van der Waals surface area (Å²) in [6, 6.07) is 6.36. The highest BCUT2D eigenvalue weighted by molar-refractivity contribution is 5.73. The molecule has 37 heavy (non-hydrogen) atoms. The maximum absolute atomic E-state index is 11.9. The van der Waals surface area contributed by atoms with E-state index in [4.69, 9.17) is 34.8 Å². The summed E-state index contributed by atoms with van der Waals surface area (Å²) in [4.78, 5) is 11.9. The number of amides is 1. The molecule has 1 saturated heterocycles. The van der Waals surface area contributed by atoms with Gasteiger partial charge in [-0.15, -0.1) is 6.42 Å². The zero-order valence-corrected chi connectivity index (χ0v) is 22.2. The van der Waals surface area contributed by atoms with Gasteiger partial charge in [0, 0.05) is 12.5 Å². The molecule has 2 aromatic carbocycles. The van der Waals surface area contributed by atoms with Crippen LogP contribution in [0.3, 0.4) is 0 Å². The molecule has 9 nitrogen and oxygen atoms in total. The summed E-state index contributed by atoms with van der Waals surface area (Å²) in [5.74, 6) is 4.35. The topological polar surface area (TPSA) is 95.9 Å². The Morgan fingerprint density at radius 2 is 1.51 bits per heavy atom. The number of benzene rings is 2. The van der Waals surface area contributed by atoms with E-state index in [9.17, 15) is 10.0 Å². The van der Waals surface area contributed by atoms with Crippen LogP contribution in [0.25, 0.3) is 0 Å². The molecule has 0 aliphatic carbocycles. The largest absolute Gasteiger partial charge is 0.493 e. The van der Waals surface area contributed by atoms with Crippen LogP contribution < -0.4 is 23.7 Å². The van der Waals surface area contributed by atoms with Crippen LogP contribution >= 0.6 is 0 Å². The molecule has 0 bridgehead atoms. The summed E-state index contributed by atoms with van der Waals surface area (Å²) in [6.45, 7) is 3.62. The van der Waals surface area contributed by atoms with Gasteiger partial charge in [0.1, 0.15) is 6.04 Å². The lowest BCUT2D eigenvalue weighted by Crippen LogP contribution is -2.29. The van der Waals surface area contributed by atoms with Crippen LogP contribution in [0.4, 0.5) is 0 Å². The minimum absolute atomic E-state index is 0.223. The minimum Gasteiger partial charge on any atom is -0.493 e. The first kappa shape index (κ1) is 28.0. The Bertz CT molecular complexity index is 1120. The van der Waals surface area contributed by atoms with Crippen LogP contribution in [-0.4, -0.2) is 51.2 Å². The van der Waals surface area contributed by atoms with Crippen LogP contribution in [0.2, 0.25) is 0 Å². The van der Waals surface area contributed by atoms with Crippen LogP contribution in [-0.2, 0) is 9.53 Å². The van der Waals surface area contributed by atoms with Crippen LogP contribution in [0.15, 0.2) is 24.3 Å². The van der Waals surface area contributed by atoms with E-state index in [1.165, 1.54) is 14.0 Å².